The highest BCUT2D eigenvalue weighted by Crippen LogP contribution is 2.43. The number of rotatable bonds is 3. The zero-order valence-electron chi connectivity index (χ0n) is 12.9. The molecule has 2 aliphatic heterocycles. The molecule has 1 saturated heterocycles. The Morgan fingerprint density at radius 2 is 2.04 bits per heavy atom. The van der Waals surface area contributed by atoms with Gasteiger partial charge in [-0.05, 0) is 37.1 Å². The molecular formula is C17H16N2O4S. The van der Waals surface area contributed by atoms with Gasteiger partial charge in [0.15, 0.2) is 4.91 Å². The van der Waals surface area contributed by atoms with E-state index in [1.54, 1.807) is 30.3 Å². The highest BCUT2D eigenvalue weighted by molar-refractivity contribution is 7.96. The number of para-hydroxylation sites is 1. The number of furan rings is 1. The second kappa shape index (κ2) is 5.52. The van der Waals surface area contributed by atoms with Gasteiger partial charge in [-0.25, -0.2) is 8.42 Å². The molecule has 24 heavy (non-hydrogen) atoms. The summed E-state index contributed by atoms with van der Waals surface area (Å²) in [6.07, 6.45) is 2.92. The summed E-state index contributed by atoms with van der Waals surface area (Å²) in [4.78, 5) is 14.6. The highest BCUT2D eigenvalue weighted by Gasteiger charge is 2.41. The predicted molar refractivity (Wildman–Crippen MR) is 87.8 cm³/mol. The van der Waals surface area contributed by atoms with Crippen LogP contribution in [0.2, 0.25) is 0 Å². The number of hydrogen-bond acceptors (Lipinski definition) is 5. The lowest BCUT2D eigenvalue weighted by atomic mass is 10.2. The van der Waals surface area contributed by atoms with Crippen molar-refractivity contribution in [3.63, 3.8) is 0 Å². The molecule has 6 nitrogen and oxygen atoms in total. The SMILES string of the molecule is O=C(NCc1ccco1)C1=C2CCCN2c2ccccc2S1(=O)=O. The van der Waals surface area contributed by atoms with Gasteiger partial charge < -0.3 is 14.6 Å². The molecule has 0 aliphatic carbocycles. The number of nitrogens with one attached hydrogen (secondary N) is 1. The summed E-state index contributed by atoms with van der Waals surface area (Å²) in [5.41, 5.74) is 1.25. The Morgan fingerprint density at radius 1 is 1.21 bits per heavy atom. The Bertz CT molecular complexity index is 929. The molecule has 7 heteroatoms. The number of fused-ring (bicyclic) bond motifs is 3. The van der Waals surface area contributed by atoms with Crippen LogP contribution in [0.1, 0.15) is 18.6 Å². The van der Waals surface area contributed by atoms with Crippen molar-refractivity contribution < 1.29 is 17.6 Å². The first-order valence-electron chi connectivity index (χ1n) is 7.74. The van der Waals surface area contributed by atoms with E-state index in [2.05, 4.69) is 5.32 Å². The number of carbonyl (C=O) groups excluding carboxylic acids is 1. The molecule has 1 aromatic heterocycles. The van der Waals surface area contributed by atoms with Gasteiger partial charge in [-0.2, -0.15) is 0 Å². The van der Waals surface area contributed by atoms with E-state index in [0.717, 1.165) is 13.0 Å². The first-order valence-corrected chi connectivity index (χ1v) is 9.23. The van der Waals surface area contributed by atoms with Crippen molar-refractivity contribution in [3.8, 4) is 0 Å². The smallest absolute Gasteiger partial charge is 0.265 e. The van der Waals surface area contributed by atoms with Crippen LogP contribution in [0.15, 0.2) is 62.6 Å². The van der Waals surface area contributed by atoms with Gasteiger partial charge >= 0.3 is 0 Å². The third kappa shape index (κ3) is 2.24. The van der Waals surface area contributed by atoms with Crippen LogP contribution in [0.5, 0.6) is 0 Å². The van der Waals surface area contributed by atoms with Crippen LogP contribution in [-0.4, -0.2) is 20.9 Å². The molecule has 0 radical (unpaired) electrons. The average Bonchev–Trinajstić information content (AvgIpc) is 3.24. The van der Waals surface area contributed by atoms with Crippen LogP contribution in [0.25, 0.3) is 0 Å². The Kier molecular flexibility index (Phi) is 3.45. The maximum Gasteiger partial charge on any atom is 0.265 e. The van der Waals surface area contributed by atoms with Gasteiger partial charge in [-0.3, -0.25) is 4.79 Å². The fourth-order valence-corrected chi connectivity index (χ4v) is 5.03. The maximum absolute atomic E-state index is 13.0. The molecule has 124 valence electrons. The number of nitrogens with zero attached hydrogens (tertiary/aromatic N) is 1. The van der Waals surface area contributed by atoms with Crippen molar-refractivity contribution >= 4 is 21.4 Å². The molecule has 2 aromatic rings. The number of benzene rings is 1. The lowest BCUT2D eigenvalue weighted by Gasteiger charge is -2.29. The van der Waals surface area contributed by atoms with E-state index >= 15 is 0 Å². The van der Waals surface area contributed by atoms with Gasteiger partial charge in [-0.1, -0.05) is 12.1 Å². The second-order valence-electron chi connectivity index (χ2n) is 5.76. The molecular weight excluding hydrogens is 328 g/mol. The van der Waals surface area contributed by atoms with Crippen molar-refractivity contribution in [2.75, 3.05) is 11.4 Å². The molecule has 2 aliphatic rings. The van der Waals surface area contributed by atoms with E-state index in [9.17, 15) is 13.2 Å². The number of hydrogen-bond donors (Lipinski definition) is 1. The zero-order valence-corrected chi connectivity index (χ0v) is 13.7. The van der Waals surface area contributed by atoms with Crippen molar-refractivity contribution in [1.29, 1.82) is 0 Å². The van der Waals surface area contributed by atoms with Gasteiger partial charge in [0.2, 0.25) is 9.84 Å². The average molecular weight is 344 g/mol. The number of carbonyl (C=O) groups is 1. The largest absolute Gasteiger partial charge is 0.467 e. The molecule has 0 spiro atoms. The number of allylic oxidation sites excluding steroid dienone is 1. The third-order valence-electron chi connectivity index (χ3n) is 4.31. The lowest BCUT2D eigenvalue weighted by Crippen LogP contribution is -2.35. The minimum atomic E-state index is -3.83. The first-order chi connectivity index (χ1) is 11.6. The molecule has 1 fully saturated rings. The minimum absolute atomic E-state index is 0.134. The summed E-state index contributed by atoms with van der Waals surface area (Å²) >= 11 is 0. The number of anilines is 1. The van der Waals surface area contributed by atoms with Crippen LogP contribution < -0.4 is 10.2 Å². The monoisotopic (exact) mass is 344 g/mol. The summed E-state index contributed by atoms with van der Waals surface area (Å²) in [6.45, 7) is 0.872. The van der Waals surface area contributed by atoms with E-state index in [0.29, 0.717) is 23.6 Å². The second-order valence-corrected chi connectivity index (χ2v) is 7.62. The van der Waals surface area contributed by atoms with Gasteiger partial charge in [0.05, 0.1) is 23.4 Å². The van der Waals surface area contributed by atoms with Gasteiger partial charge in [0.1, 0.15) is 5.76 Å². The van der Waals surface area contributed by atoms with Gasteiger partial charge in [0, 0.05) is 12.2 Å². The molecule has 3 heterocycles. The molecule has 1 amide bonds. The maximum atomic E-state index is 13.0. The molecule has 0 saturated carbocycles. The Balaban J connectivity index is 1.74. The van der Waals surface area contributed by atoms with Crippen molar-refractivity contribution in [2.24, 2.45) is 0 Å². The lowest BCUT2D eigenvalue weighted by molar-refractivity contribution is -0.117. The summed E-state index contributed by atoms with van der Waals surface area (Å²) in [7, 11) is -3.83. The summed E-state index contributed by atoms with van der Waals surface area (Å²) < 4.78 is 31.1. The van der Waals surface area contributed by atoms with E-state index in [4.69, 9.17) is 4.42 Å². The normalized spacial score (nSPS) is 18.2. The van der Waals surface area contributed by atoms with Crippen LogP contribution in [0.4, 0.5) is 5.69 Å². The van der Waals surface area contributed by atoms with E-state index < -0.39 is 15.7 Å². The summed E-state index contributed by atoms with van der Waals surface area (Å²) in [5.74, 6) is -0.00589. The fourth-order valence-electron chi connectivity index (χ4n) is 3.26. The van der Waals surface area contributed by atoms with Crippen LogP contribution in [0, 0.1) is 0 Å². The van der Waals surface area contributed by atoms with Crippen LogP contribution >= 0.6 is 0 Å². The summed E-state index contributed by atoms with van der Waals surface area (Å²) in [5, 5.41) is 2.66. The molecule has 1 aromatic carbocycles. The minimum Gasteiger partial charge on any atom is -0.467 e. The van der Waals surface area contributed by atoms with Crippen LogP contribution in [0.3, 0.4) is 0 Å². The molecule has 0 unspecified atom stereocenters. The van der Waals surface area contributed by atoms with E-state index in [1.807, 2.05) is 11.0 Å². The highest BCUT2D eigenvalue weighted by atomic mass is 32.2. The topological polar surface area (TPSA) is 79.6 Å². The van der Waals surface area contributed by atoms with Gasteiger partial charge in [0.25, 0.3) is 5.91 Å². The predicted octanol–water partition coefficient (Wildman–Crippen LogP) is 2.20. The third-order valence-corrected chi connectivity index (χ3v) is 6.19. The van der Waals surface area contributed by atoms with E-state index in [1.165, 1.54) is 6.26 Å². The standard InChI is InChI=1S/C17H16N2O4S/c20-17(18-11-12-5-4-10-23-12)16-14-7-3-9-19(14)13-6-1-2-8-15(13)24(16,21)22/h1-2,4-6,8,10H,3,7,9,11H2,(H,18,20). The summed E-state index contributed by atoms with van der Waals surface area (Å²) in [6, 6.07) is 10.3. The quantitative estimate of drug-likeness (QED) is 0.923. The molecule has 1 N–H and O–H groups in total. The Hall–Kier alpha value is -2.54. The number of sulfone groups is 1. The van der Waals surface area contributed by atoms with Crippen molar-refractivity contribution in [2.45, 2.75) is 24.3 Å². The zero-order chi connectivity index (χ0) is 16.7. The Labute approximate surface area is 139 Å². The van der Waals surface area contributed by atoms with E-state index in [-0.39, 0.29) is 16.3 Å². The fraction of sp³-hybridized carbons (Fsp3) is 0.235. The molecule has 4 rings (SSSR count). The van der Waals surface area contributed by atoms with Crippen molar-refractivity contribution in [1.82, 2.24) is 5.32 Å². The number of amides is 1. The first kappa shape index (κ1) is 15.0. The van der Waals surface area contributed by atoms with Gasteiger partial charge in [-0.15, -0.1) is 0 Å². The molecule has 0 bridgehead atoms. The molecule has 0 atom stereocenters. The Morgan fingerprint density at radius 3 is 2.83 bits per heavy atom. The van der Waals surface area contributed by atoms with Crippen LogP contribution in [-0.2, 0) is 21.2 Å². The van der Waals surface area contributed by atoms with Crippen molar-refractivity contribution in [3.05, 3.63) is 59.0 Å².